The Labute approximate surface area is 125 Å². The third-order valence-electron chi connectivity index (χ3n) is 3.14. The fraction of sp³-hybridized carbons (Fsp3) is 0.294. The van der Waals surface area contributed by atoms with Gasteiger partial charge in [-0.15, -0.1) is 0 Å². The summed E-state index contributed by atoms with van der Waals surface area (Å²) < 4.78 is 5.81. The van der Waals surface area contributed by atoms with Crippen LogP contribution in [0.2, 0.25) is 0 Å². The Hall–Kier alpha value is -2.36. The van der Waals surface area contributed by atoms with E-state index >= 15 is 0 Å². The quantitative estimate of drug-likeness (QED) is 0.912. The number of nitrogens with zero attached hydrogens (tertiary/aromatic N) is 1. The lowest BCUT2D eigenvalue weighted by molar-refractivity contribution is -0.122. The van der Waals surface area contributed by atoms with Crippen molar-refractivity contribution in [3.63, 3.8) is 0 Å². The lowest BCUT2D eigenvalue weighted by Crippen LogP contribution is -2.30. The summed E-state index contributed by atoms with van der Waals surface area (Å²) in [5.74, 6) is 0.901. The van der Waals surface area contributed by atoms with Crippen molar-refractivity contribution in [3.05, 3.63) is 54.4 Å². The topological polar surface area (TPSA) is 51.2 Å². The van der Waals surface area contributed by atoms with Crippen molar-refractivity contribution in [1.29, 1.82) is 0 Å². The van der Waals surface area contributed by atoms with Crippen LogP contribution >= 0.6 is 0 Å². The Kier molecular flexibility index (Phi) is 4.93. The van der Waals surface area contributed by atoms with E-state index in [1.165, 1.54) is 0 Å². The first-order chi connectivity index (χ1) is 10.1. The van der Waals surface area contributed by atoms with Crippen molar-refractivity contribution in [1.82, 2.24) is 4.98 Å². The monoisotopic (exact) mass is 284 g/mol. The minimum Gasteiger partial charge on any atom is -0.481 e. The average molecular weight is 284 g/mol. The Morgan fingerprint density at radius 2 is 1.90 bits per heavy atom. The molecular weight excluding hydrogens is 264 g/mol. The lowest BCUT2D eigenvalue weighted by atomic mass is 10.0. The summed E-state index contributed by atoms with van der Waals surface area (Å²) in [5.41, 5.74) is 1.76. The zero-order chi connectivity index (χ0) is 15.2. The molecule has 0 aliphatic carbocycles. The molecule has 0 radical (unpaired) electrons. The van der Waals surface area contributed by atoms with E-state index in [0.717, 1.165) is 11.3 Å². The molecule has 0 aliphatic rings. The number of para-hydroxylation sites is 1. The first kappa shape index (κ1) is 15.0. The molecule has 1 aromatic heterocycles. The van der Waals surface area contributed by atoms with Crippen molar-refractivity contribution >= 4 is 11.6 Å². The molecule has 1 heterocycles. The van der Waals surface area contributed by atoms with Gasteiger partial charge in [-0.2, -0.15) is 0 Å². The summed E-state index contributed by atoms with van der Waals surface area (Å²) in [4.78, 5) is 16.1. The second-order valence-corrected chi connectivity index (χ2v) is 5.18. The molecule has 0 fully saturated rings. The molecule has 0 saturated heterocycles. The first-order valence-corrected chi connectivity index (χ1v) is 7.04. The number of rotatable bonds is 5. The van der Waals surface area contributed by atoms with Gasteiger partial charge in [0.2, 0.25) is 0 Å². The number of carbonyl (C=O) groups excluding carboxylic acids is 1. The SMILES string of the molecule is CC(Oc1ccccc1C(C)C)C(=O)Nc1cccnc1. The van der Waals surface area contributed by atoms with Crippen LogP contribution in [0, 0.1) is 0 Å². The van der Waals surface area contributed by atoms with E-state index in [1.54, 1.807) is 31.5 Å². The van der Waals surface area contributed by atoms with Gasteiger partial charge in [-0.1, -0.05) is 32.0 Å². The van der Waals surface area contributed by atoms with Gasteiger partial charge < -0.3 is 10.1 Å². The maximum absolute atomic E-state index is 12.1. The number of amides is 1. The van der Waals surface area contributed by atoms with Crippen molar-refractivity contribution in [3.8, 4) is 5.75 Å². The van der Waals surface area contributed by atoms with Crippen LogP contribution in [0.5, 0.6) is 5.75 Å². The number of hydrogen-bond donors (Lipinski definition) is 1. The molecule has 2 rings (SSSR count). The Balaban J connectivity index is 2.04. The number of ether oxygens (including phenoxy) is 1. The number of pyridine rings is 1. The van der Waals surface area contributed by atoms with Gasteiger partial charge in [0.15, 0.2) is 6.10 Å². The Morgan fingerprint density at radius 3 is 2.57 bits per heavy atom. The maximum Gasteiger partial charge on any atom is 0.265 e. The normalized spacial score (nSPS) is 12.0. The van der Waals surface area contributed by atoms with Gasteiger partial charge in [-0.25, -0.2) is 0 Å². The molecule has 1 atom stereocenters. The second kappa shape index (κ2) is 6.88. The number of aromatic nitrogens is 1. The van der Waals surface area contributed by atoms with Crippen molar-refractivity contribution in [2.45, 2.75) is 32.8 Å². The minimum absolute atomic E-state index is 0.193. The molecule has 0 spiro atoms. The summed E-state index contributed by atoms with van der Waals surface area (Å²) in [6.45, 7) is 5.94. The highest BCUT2D eigenvalue weighted by Gasteiger charge is 2.17. The standard InChI is InChI=1S/C17H20N2O2/c1-12(2)15-8-4-5-9-16(15)21-13(3)17(20)19-14-7-6-10-18-11-14/h4-13H,1-3H3,(H,19,20). The summed E-state index contributed by atoms with van der Waals surface area (Å²) in [6.07, 6.45) is 2.69. The van der Waals surface area contributed by atoms with Crippen LogP contribution in [-0.2, 0) is 4.79 Å². The fourth-order valence-electron chi connectivity index (χ4n) is 1.99. The number of nitrogens with one attached hydrogen (secondary N) is 1. The Morgan fingerprint density at radius 1 is 1.14 bits per heavy atom. The van der Waals surface area contributed by atoms with E-state index in [2.05, 4.69) is 24.1 Å². The highest BCUT2D eigenvalue weighted by molar-refractivity contribution is 5.93. The van der Waals surface area contributed by atoms with E-state index in [4.69, 9.17) is 4.74 Å². The molecule has 0 aliphatic heterocycles. The summed E-state index contributed by atoms with van der Waals surface area (Å²) in [6, 6.07) is 11.4. The third-order valence-corrected chi connectivity index (χ3v) is 3.14. The van der Waals surface area contributed by atoms with E-state index in [0.29, 0.717) is 11.6 Å². The van der Waals surface area contributed by atoms with Crippen molar-refractivity contribution in [2.24, 2.45) is 0 Å². The third kappa shape index (κ3) is 4.05. The summed E-state index contributed by atoms with van der Waals surface area (Å²) in [7, 11) is 0. The van der Waals surface area contributed by atoms with Gasteiger partial charge in [-0.3, -0.25) is 9.78 Å². The van der Waals surface area contributed by atoms with Crippen LogP contribution in [0.15, 0.2) is 48.8 Å². The molecule has 1 unspecified atom stereocenters. The molecule has 2 aromatic rings. The predicted octanol–water partition coefficient (Wildman–Crippen LogP) is 3.61. The summed E-state index contributed by atoms with van der Waals surface area (Å²) >= 11 is 0. The van der Waals surface area contributed by atoms with Crippen molar-refractivity contribution in [2.75, 3.05) is 5.32 Å². The molecular formula is C17H20N2O2. The van der Waals surface area contributed by atoms with Gasteiger partial charge >= 0.3 is 0 Å². The molecule has 0 saturated carbocycles. The number of hydrogen-bond acceptors (Lipinski definition) is 3. The average Bonchev–Trinajstić information content (AvgIpc) is 2.48. The highest BCUT2D eigenvalue weighted by atomic mass is 16.5. The van der Waals surface area contributed by atoms with Crippen LogP contribution in [0.25, 0.3) is 0 Å². The smallest absolute Gasteiger partial charge is 0.265 e. The van der Waals surface area contributed by atoms with Gasteiger partial charge in [0.1, 0.15) is 5.75 Å². The second-order valence-electron chi connectivity index (χ2n) is 5.18. The largest absolute Gasteiger partial charge is 0.481 e. The highest BCUT2D eigenvalue weighted by Crippen LogP contribution is 2.26. The van der Waals surface area contributed by atoms with Gasteiger partial charge in [0, 0.05) is 6.20 Å². The molecule has 1 N–H and O–H groups in total. The van der Waals surface area contributed by atoms with Crippen LogP contribution in [-0.4, -0.2) is 17.0 Å². The number of carbonyl (C=O) groups is 1. The molecule has 21 heavy (non-hydrogen) atoms. The molecule has 4 nitrogen and oxygen atoms in total. The number of anilines is 1. The fourth-order valence-corrected chi connectivity index (χ4v) is 1.99. The van der Waals surface area contributed by atoms with E-state index in [1.807, 2.05) is 24.3 Å². The summed E-state index contributed by atoms with van der Waals surface area (Å²) in [5, 5.41) is 2.78. The van der Waals surface area contributed by atoms with Gasteiger partial charge in [-0.05, 0) is 36.6 Å². The van der Waals surface area contributed by atoms with Crippen molar-refractivity contribution < 1.29 is 9.53 Å². The van der Waals surface area contributed by atoms with Crippen LogP contribution in [0.1, 0.15) is 32.3 Å². The van der Waals surface area contributed by atoms with Crippen LogP contribution < -0.4 is 10.1 Å². The van der Waals surface area contributed by atoms with Gasteiger partial charge in [0.05, 0.1) is 11.9 Å². The predicted molar refractivity (Wildman–Crippen MR) is 83.5 cm³/mol. The Bertz CT molecular complexity index is 597. The van der Waals surface area contributed by atoms with Crippen LogP contribution in [0.3, 0.4) is 0 Å². The maximum atomic E-state index is 12.1. The molecule has 1 aromatic carbocycles. The van der Waals surface area contributed by atoms with Crippen LogP contribution in [0.4, 0.5) is 5.69 Å². The zero-order valence-electron chi connectivity index (χ0n) is 12.5. The zero-order valence-corrected chi connectivity index (χ0v) is 12.5. The van der Waals surface area contributed by atoms with Gasteiger partial charge in [0.25, 0.3) is 5.91 Å². The first-order valence-electron chi connectivity index (χ1n) is 7.04. The van der Waals surface area contributed by atoms with E-state index < -0.39 is 6.10 Å². The molecule has 4 heteroatoms. The molecule has 110 valence electrons. The van der Waals surface area contributed by atoms with E-state index in [9.17, 15) is 4.79 Å². The van der Waals surface area contributed by atoms with E-state index in [-0.39, 0.29) is 5.91 Å². The number of benzene rings is 1. The lowest BCUT2D eigenvalue weighted by Gasteiger charge is -2.18. The molecule has 0 bridgehead atoms. The molecule has 1 amide bonds. The minimum atomic E-state index is -0.579.